The van der Waals surface area contributed by atoms with Crippen LogP contribution in [0.2, 0.25) is 0 Å². The monoisotopic (exact) mass is 368 g/mol. The maximum atomic E-state index is 10.6. The molecule has 0 bridgehead atoms. The van der Waals surface area contributed by atoms with Crippen LogP contribution in [0.25, 0.3) is 0 Å². The van der Waals surface area contributed by atoms with Gasteiger partial charge in [0, 0.05) is 11.1 Å². The first-order valence-electron chi connectivity index (χ1n) is 8.01. The molecule has 3 aromatic carbocycles. The summed E-state index contributed by atoms with van der Waals surface area (Å²) < 4.78 is 24.0. The van der Waals surface area contributed by atoms with E-state index in [2.05, 4.69) is 9.88 Å². The predicted molar refractivity (Wildman–Crippen MR) is 106 cm³/mol. The summed E-state index contributed by atoms with van der Waals surface area (Å²) in [4.78, 5) is 0.389. The van der Waals surface area contributed by atoms with E-state index in [4.69, 9.17) is 0 Å². The molecule has 134 valence electrons. The third-order valence-corrected chi connectivity index (χ3v) is 5.37. The van der Waals surface area contributed by atoms with Gasteiger partial charge in [-0.25, -0.2) is 0 Å². The molecule has 0 aliphatic carbocycles. The third-order valence-electron chi connectivity index (χ3n) is 3.93. The van der Waals surface area contributed by atoms with Crippen LogP contribution in [0.3, 0.4) is 0 Å². The number of anilines is 1. The lowest BCUT2D eigenvalue weighted by Crippen LogP contribution is -2.13. The van der Waals surface area contributed by atoms with E-state index in [0.29, 0.717) is 21.9 Å². The Balaban J connectivity index is 1.98. The van der Waals surface area contributed by atoms with Gasteiger partial charge in [0.25, 0.3) is 0 Å². The van der Waals surface area contributed by atoms with Gasteiger partial charge in [0.1, 0.15) is 5.71 Å². The van der Waals surface area contributed by atoms with Crippen molar-refractivity contribution in [3.63, 3.8) is 0 Å². The summed E-state index contributed by atoms with van der Waals surface area (Å²) in [6.07, 6.45) is 0. The number of benzene rings is 3. The highest BCUT2D eigenvalue weighted by Crippen LogP contribution is 2.48. The van der Waals surface area contributed by atoms with Crippen LogP contribution in [0.15, 0.2) is 88.9 Å². The first-order valence-corrected chi connectivity index (χ1v) is 9.55. The number of hydrogen-bond acceptors (Lipinski definition) is 5. The van der Waals surface area contributed by atoms with Crippen molar-refractivity contribution < 1.29 is 14.3 Å². The smallest absolute Gasteiger partial charge is 0.119 e. The fourth-order valence-electron chi connectivity index (χ4n) is 2.58. The molecule has 3 rings (SSSR count). The van der Waals surface area contributed by atoms with Crippen LogP contribution in [0.5, 0.6) is 0 Å². The molecule has 5 nitrogen and oxygen atoms in total. The molecule has 0 spiro atoms. The van der Waals surface area contributed by atoms with E-state index in [9.17, 15) is 14.3 Å². The average molecular weight is 368 g/mol. The van der Waals surface area contributed by atoms with E-state index in [1.807, 2.05) is 49.4 Å². The Labute approximate surface area is 154 Å². The Hall–Kier alpha value is -2.80. The lowest BCUT2D eigenvalue weighted by Gasteiger charge is -2.34. The van der Waals surface area contributed by atoms with E-state index in [-0.39, 0.29) is 0 Å². The molecule has 0 aliphatic rings. The highest BCUT2D eigenvalue weighted by Gasteiger charge is 2.19. The van der Waals surface area contributed by atoms with Crippen LogP contribution in [0.1, 0.15) is 16.7 Å². The summed E-state index contributed by atoms with van der Waals surface area (Å²) in [6.45, 7) is 1.93. The van der Waals surface area contributed by atoms with Gasteiger partial charge in [0.2, 0.25) is 0 Å². The van der Waals surface area contributed by atoms with Gasteiger partial charge in [0.15, 0.2) is 0 Å². The Bertz CT molecular complexity index is 910. The maximum absolute atomic E-state index is 10.6. The van der Waals surface area contributed by atoms with Crippen molar-refractivity contribution in [1.82, 2.24) is 0 Å². The summed E-state index contributed by atoms with van der Waals surface area (Å²) in [5, 5.41) is 13.0. The molecule has 0 saturated heterocycles. The van der Waals surface area contributed by atoms with E-state index >= 15 is 0 Å². The van der Waals surface area contributed by atoms with Gasteiger partial charge in [-0.3, -0.25) is 13.8 Å². The minimum Gasteiger partial charge on any atom is -0.410 e. The van der Waals surface area contributed by atoms with Crippen molar-refractivity contribution in [2.75, 3.05) is 4.72 Å². The quantitative estimate of drug-likeness (QED) is 0.277. The summed E-state index contributed by atoms with van der Waals surface area (Å²) in [7, 11) is -3.26. The molecule has 0 aromatic heterocycles. The van der Waals surface area contributed by atoms with Crippen molar-refractivity contribution in [3.8, 4) is 0 Å². The van der Waals surface area contributed by atoms with Crippen molar-refractivity contribution in [2.45, 2.75) is 11.8 Å². The number of aryl methyl sites for hydroxylation is 1. The van der Waals surface area contributed by atoms with Gasteiger partial charge >= 0.3 is 0 Å². The molecule has 26 heavy (non-hydrogen) atoms. The predicted octanol–water partition coefficient (Wildman–Crippen LogP) is 5.36. The van der Waals surface area contributed by atoms with Gasteiger partial charge in [-0.05, 0) is 25.1 Å². The van der Waals surface area contributed by atoms with Crippen LogP contribution >= 0.6 is 10.8 Å². The fraction of sp³-hybridized carbons (Fsp3) is 0.0500. The minimum absolute atomic E-state index is 0.341. The molecule has 0 fully saturated rings. The standard InChI is InChI=1S/C20H20N2O3S/c1-15-11-13-17(14-12-15)26(24,25)22-19-10-6-5-9-18(19)20(21-23)16-7-3-2-4-8-16/h2-14,22-25H,1H3/b21-20-. The van der Waals surface area contributed by atoms with Crippen molar-refractivity contribution >= 4 is 22.2 Å². The van der Waals surface area contributed by atoms with Gasteiger partial charge in [-0.15, -0.1) is 0 Å². The van der Waals surface area contributed by atoms with Gasteiger partial charge in [-0.1, -0.05) is 82.2 Å². The highest BCUT2D eigenvalue weighted by atomic mass is 32.3. The SMILES string of the molecule is Cc1ccc(S(O)(O)Nc2ccccc2/C(=N\O)c2ccccc2)cc1. The normalized spacial score (nSPS) is 12.7. The van der Waals surface area contributed by atoms with Crippen molar-refractivity contribution in [3.05, 3.63) is 95.6 Å². The Kier molecular flexibility index (Phi) is 5.27. The van der Waals surface area contributed by atoms with Crippen LogP contribution in [-0.2, 0) is 0 Å². The van der Waals surface area contributed by atoms with Crippen LogP contribution in [0.4, 0.5) is 5.69 Å². The molecular weight excluding hydrogens is 348 g/mol. The molecule has 0 radical (unpaired) electrons. The molecule has 0 atom stereocenters. The molecule has 0 saturated carbocycles. The van der Waals surface area contributed by atoms with Gasteiger partial charge in [0.05, 0.1) is 10.6 Å². The number of oxime groups is 1. The van der Waals surface area contributed by atoms with E-state index in [0.717, 1.165) is 11.1 Å². The summed E-state index contributed by atoms with van der Waals surface area (Å²) in [6, 6.07) is 23.3. The first-order chi connectivity index (χ1) is 12.5. The molecule has 0 unspecified atom stereocenters. The van der Waals surface area contributed by atoms with E-state index in [1.165, 1.54) is 0 Å². The Morgan fingerprint density at radius 3 is 2.12 bits per heavy atom. The maximum Gasteiger partial charge on any atom is 0.119 e. The highest BCUT2D eigenvalue weighted by molar-refractivity contribution is 8.25. The average Bonchev–Trinajstić information content (AvgIpc) is 2.65. The van der Waals surface area contributed by atoms with Gasteiger partial charge < -0.3 is 5.21 Å². The number of nitrogens with one attached hydrogen (secondary N) is 1. The molecule has 0 heterocycles. The lowest BCUT2D eigenvalue weighted by atomic mass is 10.0. The zero-order chi connectivity index (χ0) is 18.6. The summed E-state index contributed by atoms with van der Waals surface area (Å²) >= 11 is 0. The van der Waals surface area contributed by atoms with Crippen molar-refractivity contribution in [1.29, 1.82) is 0 Å². The number of para-hydroxylation sites is 1. The van der Waals surface area contributed by atoms with Crippen LogP contribution in [0, 0.1) is 6.92 Å². The molecule has 6 heteroatoms. The molecule has 0 amide bonds. The largest absolute Gasteiger partial charge is 0.410 e. The van der Waals surface area contributed by atoms with E-state index < -0.39 is 10.8 Å². The third kappa shape index (κ3) is 3.88. The topological polar surface area (TPSA) is 85.1 Å². The summed E-state index contributed by atoms with van der Waals surface area (Å²) in [5.41, 5.74) is 3.12. The van der Waals surface area contributed by atoms with Crippen LogP contribution < -0.4 is 4.72 Å². The molecule has 0 aliphatic heterocycles. The molecular formula is C20H20N2O3S. The lowest BCUT2D eigenvalue weighted by molar-refractivity contribution is 0.319. The second-order valence-corrected chi connectivity index (χ2v) is 7.60. The van der Waals surface area contributed by atoms with Crippen molar-refractivity contribution in [2.24, 2.45) is 5.16 Å². The Morgan fingerprint density at radius 1 is 0.846 bits per heavy atom. The molecule has 4 N–H and O–H groups in total. The summed E-state index contributed by atoms with van der Waals surface area (Å²) in [5.74, 6) is 0. The second-order valence-electron chi connectivity index (χ2n) is 5.82. The second kappa shape index (κ2) is 7.61. The number of nitrogens with zero attached hydrogens (tertiary/aromatic N) is 1. The van der Waals surface area contributed by atoms with Crippen LogP contribution in [-0.4, -0.2) is 20.0 Å². The number of rotatable bonds is 5. The fourth-order valence-corrected chi connectivity index (χ4v) is 3.70. The number of hydrogen-bond donors (Lipinski definition) is 4. The first kappa shape index (κ1) is 18.0. The molecule has 3 aromatic rings. The zero-order valence-electron chi connectivity index (χ0n) is 14.2. The zero-order valence-corrected chi connectivity index (χ0v) is 15.0. The minimum atomic E-state index is -3.26. The van der Waals surface area contributed by atoms with E-state index in [1.54, 1.807) is 36.4 Å². The van der Waals surface area contributed by atoms with Gasteiger partial charge in [-0.2, -0.15) is 0 Å². The Morgan fingerprint density at radius 2 is 1.46 bits per heavy atom.